The maximum absolute atomic E-state index is 13.8. The second kappa shape index (κ2) is 8.13. The number of rotatable bonds is 4. The Kier molecular flexibility index (Phi) is 6.38. The van der Waals surface area contributed by atoms with Gasteiger partial charge in [0.25, 0.3) is 0 Å². The molecule has 1 aromatic carbocycles. The molecule has 0 radical (unpaired) electrons. The van der Waals surface area contributed by atoms with Crippen LogP contribution in [0.2, 0.25) is 0 Å². The quantitative estimate of drug-likeness (QED) is 0.840. The Bertz CT molecular complexity index is 594. The Morgan fingerprint density at radius 3 is 2.36 bits per heavy atom. The van der Waals surface area contributed by atoms with Gasteiger partial charge in [-0.3, -0.25) is 0 Å². The molecule has 0 saturated heterocycles. The molecule has 0 heterocycles. The molecule has 2 N–H and O–H groups in total. The summed E-state index contributed by atoms with van der Waals surface area (Å²) in [4.78, 5) is 11.8. The summed E-state index contributed by atoms with van der Waals surface area (Å²) >= 11 is 0. The van der Waals surface area contributed by atoms with Gasteiger partial charge in [-0.15, -0.1) is 0 Å². The zero-order valence-corrected chi connectivity index (χ0v) is 15.4. The summed E-state index contributed by atoms with van der Waals surface area (Å²) in [6.07, 6.45) is 2.99. The third-order valence-electron chi connectivity index (χ3n) is 4.36. The van der Waals surface area contributed by atoms with E-state index in [2.05, 4.69) is 10.6 Å². The minimum atomic E-state index is -0.507. The fraction of sp³-hybridized carbons (Fsp3) is 0.632. The van der Waals surface area contributed by atoms with Gasteiger partial charge in [-0.1, -0.05) is 0 Å². The van der Waals surface area contributed by atoms with Crippen LogP contribution >= 0.6 is 0 Å². The van der Waals surface area contributed by atoms with Gasteiger partial charge in [0.05, 0.1) is 0 Å². The van der Waals surface area contributed by atoms with Gasteiger partial charge in [0.15, 0.2) is 0 Å². The molecule has 1 aromatic rings. The van der Waals surface area contributed by atoms with Crippen molar-refractivity contribution < 1.29 is 18.3 Å². The van der Waals surface area contributed by atoms with Gasteiger partial charge in [0.1, 0.15) is 17.2 Å². The SMILES string of the molecule is CC(NC1CCC(NC(=O)OC(C)(C)C)CC1)c1cc(F)ccc1F. The first-order valence-corrected chi connectivity index (χ1v) is 8.84. The molecule has 25 heavy (non-hydrogen) atoms. The summed E-state index contributed by atoms with van der Waals surface area (Å²) in [7, 11) is 0. The molecule has 0 bridgehead atoms. The van der Waals surface area contributed by atoms with Crippen LogP contribution in [0.1, 0.15) is 65.0 Å². The normalized spacial score (nSPS) is 22.3. The summed E-state index contributed by atoms with van der Waals surface area (Å²) in [5, 5.41) is 6.26. The lowest BCUT2D eigenvalue weighted by Crippen LogP contribution is -2.44. The second-order valence-electron chi connectivity index (χ2n) is 7.75. The molecular weight excluding hydrogens is 326 g/mol. The number of nitrogens with one attached hydrogen (secondary N) is 2. The Labute approximate surface area is 148 Å². The first kappa shape index (κ1) is 19.6. The van der Waals surface area contributed by atoms with Crippen LogP contribution in [0.15, 0.2) is 18.2 Å². The van der Waals surface area contributed by atoms with Crippen molar-refractivity contribution in [1.82, 2.24) is 10.6 Å². The first-order chi connectivity index (χ1) is 11.6. The fourth-order valence-electron chi connectivity index (χ4n) is 3.17. The summed E-state index contributed by atoms with van der Waals surface area (Å²) in [6, 6.07) is 3.56. The number of hydrogen-bond acceptors (Lipinski definition) is 3. The molecule has 1 aliphatic carbocycles. The highest BCUT2D eigenvalue weighted by atomic mass is 19.1. The predicted octanol–water partition coefficient (Wildman–Crippen LogP) is 4.45. The van der Waals surface area contributed by atoms with Crippen LogP contribution < -0.4 is 10.6 Å². The van der Waals surface area contributed by atoms with E-state index in [1.807, 2.05) is 27.7 Å². The van der Waals surface area contributed by atoms with E-state index in [4.69, 9.17) is 4.74 Å². The van der Waals surface area contributed by atoms with Crippen LogP contribution in [0.5, 0.6) is 0 Å². The average Bonchev–Trinajstić information content (AvgIpc) is 2.49. The Morgan fingerprint density at radius 2 is 1.76 bits per heavy atom. The lowest BCUT2D eigenvalue weighted by Gasteiger charge is -2.32. The van der Waals surface area contributed by atoms with Crippen LogP contribution in [0, 0.1) is 11.6 Å². The van der Waals surface area contributed by atoms with Crippen molar-refractivity contribution in [3.05, 3.63) is 35.4 Å². The molecule has 0 aliphatic heterocycles. The van der Waals surface area contributed by atoms with Crippen molar-refractivity contribution in [2.45, 2.75) is 77.1 Å². The van der Waals surface area contributed by atoms with E-state index in [1.54, 1.807) is 0 Å². The van der Waals surface area contributed by atoms with Crippen molar-refractivity contribution in [2.24, 2.45) is 0 Å². The van der Waals surface area contributed by atoms with E-state index in [-0.39, 0.29) is 24.2 Å². The topological polar surface area (TPSA) is 50.4 Å². The van der Waals surface area contributed by atoms with Gasteiger partial charge in [-0.2, -0.15) is 0 Å². The number of hydrogen-bond donors (Lipinski definition) is 2. The third kappa shape index (κ3) is 6.27. The molecule has 0 spiro atoms. The van der Waals surface area contributed by atoms with Crippen molar-refractivity contribution in [3.63, 3.8) is 0 Å². The van der Waals surface area contributed by atoms with E-state index in [0.29, 0.717) is 5.56 Å². The van der Waals surface area contributed by atoms with Crippen LogP contribution in [-0.2, 0) is 4.74 Å². The zero-order chi connectivity index (χ0) is 18.6. The fourth-order valence-corrected chi connectivity index (χ4v) is 3.17. The number of amides is 1. The molecular formula is C19H28F2N2O2. The van der Waals surface area contributed by atoms with Crippen LogP contribution in [-0.4, -0.2) is 23.8 Å². The summed E-state index contributed by atoms with van der Waals surface area (Å²) in [5.74, 6) is -0.836. The minimum Gasteiger partial charge on any atom is -0.444 e. The van der Waals surface area contributed by atoms with E-state index in [9.17, 15) is 13.6 Å². The lowest BCUT2D eigenvalue weighted by molar-refractivity contribution is 0.0489. The molecule has 6 heteroatoms. The van der Waals surface area contributed by atoms with Crippen molar-refractivity contribution in [2.75, 3.05) is 0 Å². The highest BCUT2D eigenvalue weighted by Gasteiger charge is 2.26. The smallest absolute Gasteiger partial charge is 0.407 e. The first-order valence-electron chi connectivity index (χ1n) is 8.84. The van der Waals surface area contributed by atoms with Gasteiger partial charge < -0.3 is 15.4 Å². The maximum Gasteiger partial charge on any atom is 0.407 e. The standard InChI is InChI=1S/C19H28F2N2O2/c1-12(16-11-13(20)5-10-17(16)21)22-14-6-8-15(9-7-14)23-18(24)25-19(2,3)4/h5,10-12,14-15,22H,6-9H2,1-4H3,(H,23,24). The molecule has 1 amide bonds. The van der Waals surface area contributed by atoms with E-state index < -0.39 is 17.2 Å². The van der Waals surface area contributed by atoms with Crippen molar-refractivity contribution in [3.8, 4) is 0 Å². The number of ether oxygens (including phenoxy) is 1. The zero-order valence-electron chi connectivity index (χ0n) is 15.4. The minimum absolute atomic E-state index is 0.0918. The van der Waals surface area contributed by atoms with Gasteiger partial charge in [0, 0.05) is 23.7 Å². The number of carbonyl (C=O) groups excluding carboxylic acids is 1. The highest BCUT2D eigenvalue weighted by molar-refractivity contribution is 5.68. The van der Waals surface area contributed by atoms with Crippen LogP contribution in [0.3, 0.4) is 0 Å². The summed E-state index contributed by atoms with van der Waals surface area (Å²) < 4.78 is 32.4. The van der Waals surface area contributed by atoms with Gasteiger partial charge in [0.2, 0.25) is 0 Å². The van der Waals surface area contributed by atoms with Crippen molar-refractivity contribution >= 4 is 6.09 Å². The predicted molar refractivity (Wildman–Crippen MR) is 93.3 cm³/mol. The lowest BCUT2D eigenvalue weighted by atomic mass is 9.90. The number of alkyl carbamates (subject to hydrolysis) is 1. The van der Waals surface area contributed by atoms with E-state index in [1.165, 1.54) is 6.07 Å². The highest BCUT2D eigenvalue weighted by Crippen LogP contribution is 2.24. The number of halogens is 2. The maximum atomic E-state index is 13.8. The molecule has 2 rings (SSSR count). The molecule has 1 saturated carbocycles. The van der Waals surface area contributed by atoms with E-state index >= 15 is 0 Å². The summed E-state index contributed by atoms with van der Waals surface area (Å²) in [5.41, 5.74) is -0.165. The van der Waals surface area contributed by atoms with Crippen LogP contribution in [0.25, 0.3) is 0 Å². The molecule has 140 valence electrons. The van der Waals surface area contributed by atoms with Gasteiger partial charge in [-0.05, 0) is 71.6 Å². The Hall–Kier alpha value is -1.69. The second-order valence-corrected chi connectivity index (χ2v) is 7.75. The number of benzene rings is 1. The number of carbonyl (C=O) groups is 1. The van der Waals surface area contributed by atoms with Gasteiger partial charge >= 0.3 is 6.09 Å². The summed E-state index contributed by atoms with van der Waals surface area (Å²) in [6.45, 7) is 7.34. The third-order valence-corrected chi connectivity index (χ3v) is 4.36. The Balaban J connectivity index is 1.80. The van der Waals surface area contributed by atoms with Crippen molar-refractivity contribution in [1.29, 1.82) is 0 Å². The van der Waals surface area contributed by atoms with Gasteiger partial charge in [-0.25, -0.2) is 13.6 Å². The van der Waals surface area contributed by atoms with Crippen LogP contribution in [0.4, 0.5) is 13.6 Å². The monoisotopic (exact) mass is 354 g/mol. The largest absolute Gasteiger partial charge is 0.444 e. The Morgan fingerprint density at radius 1 is 1.16 bits per heavy atom. The molecule has 1 aliphatic rings. The molecule has 1 unspecified atom stereocenters. The molecule has 1 atom stereocenters. The molecule has 1 fully saturated rings. The molecule has 4 nitrogen and oxygen atoms in total. The average molecular weight is 354 g/mol. The van der Waals surface area contributed by atoms with E-state index in [0.717, 1.165) is 37.8 Å². The molecule has 0 aromatic heterocycles.